The fourth-order valence-electron chi connectivity index (χ4n) is 2.05. The van der Waals surface area contributed by atoms with Crippen LogP contribution < -0.4 is 5.32 Å². The number of hydrogen-bond acceptors (Lipinski definition) is 4. The van der Waals surface area contributed by atoms with E-state index in [9.17, 15) is 4.79 Å². The Balaban J connectivity index is 1.63. The summed E-state index contributed by atoms with van der Waals surface area (Å²) in [5.74, 6) is -0.179. The Morgan fingerprint density at radius 1 is 1.57 bits per heavy atom. The maximum atomic E-state index is 12.2. The molecular formula is C14H15N5OS. The lowest BCUT2D eigenvalue weighted by molar-refractivity contribution is 0.0931. The number of nitrogens with zero attached hydrogens (tertiary/aromatic N) is 3. The SMILES string of the molecule is CC(Cn1ccnc1)NC(=O)c1cc(-c2cccs2)[nH]n1. The number of H-pyrrole nitrogens is 1. The summed E-state index contributed by atoms with van der Waals surface area (Å²) >= 11 is 1.60. The molecule has 3 rings (SSSR count). The van der Waals surface area contributed by atoms with E-state index in [1.165, 1.54) is 0 Å². The Labute approximate surface area is 125 Å². The molecule has 2 N–H and O–H groups in total. The summed E-state index contributed by atoms with van der Waals surface area (Å²) < 4.78 is 1.92. The quantitative estimate of drug-likeness (QED) is 0.758. The molecule has 1 amide bonds. The molecule has 0 spiro atoms. The minimum atomic E-state index is -0.179. The molecule has 0 saturated carbocycles. The van der Waals surface area contributed by atoms with Crippen molar-refractivity contribution in [1.82, 2.24) is 25.1 Å². The maximum Gasteiger partial charge on any atom is 0.272 e. The van der Waals surface area contributed by atoms with Crippen LogP contribution in [0.4, 0.5) is 0 Å². The van der Waals surface area contributed by atoms with Gasteiger partial charge in [0.05, 0.1) is 16.9 Å². The summed E-state index contributed by atoms with van der Waals surface area (Å²) in [4.78, 5) is 17.2. The monoisotopic (exact) mass is 301 g/mol. The third-order valence-corrected chi connectivity index (χ3v) is 3.92. The molecule has 0 aromatic carbocycles. The lowest BCUT2D eigenvalue weighted by Gasteiger charge is -2.13. The summed E-state index contributed by atoms with van der Waals surface area (Å²) in [5.41, 5.74) is 1.26. The van der Waals surface area contributed by atoms with E-state index < -0.39 is 0 Å². The number of thiophene rings is 1. The fraction of sp³-hybridized carbons (Fsp3) is 0.214. The molecule has 0 aliphatic heterocycles. The van der Waals surface area contributed by atoms with E-state index in [4.69, 9.17) is 0 Å². The third kappa shape index (κ3) is 3.19. The van der Waals surface area contributed by atoms with Gasteiger partial charge in [0.1, 0.15) is 0 Å². The molecule has 0 bridgehead atoms. The Morgan fingerprint density at radius 2 is 2.48 bits per heavy atom. The number of carbonyl (C=O) groups is 1. The number of nitrogens with one attached hydrogen (secondary N) is 2. The second-order valence-electron chi connectivity index (χ2n) is 4.78. The topological polar surface area (TPSA) is 75.6 Å². The first-order chi connectivity index (χ1) is 10.2. The van der Waals surface area contributed by atoms with Crippen LogP contribution in [-0.4, -0.2) is 31.7 Å². The van der Waals surface area contributed by atoms with Crippen LogP contribution in [0.15, 0.2) is 42.3 Å². The molecular weight excluding hydrogens is 286 g/mol. The van der Waals surface area contributed by atoms with Crippen LogP contribution >= 0.6 is 11.3 Å². The van der Waals surface area contributed by atoms with Gasteiger partial charge in [-0.25, -0.2) is 4.98 Å². The van der Waals surface area contributed by atoms with E-state index in [1.807, 2.05) is 35.2 Å². The largest absolute Gasteiger partial charge is 0.346 e. The number of carbonyl (C=O) groups excluding carboxylic acids is 1. The molecule has 3 aromatic rings. The van der Waals surface area contributed by atoms with Gasteiger partial charge < -0.3 is 9.88 Å². The van der Waals surface area contributed by atoms with E-state index in [0.717, 1.165) is 10.6 Å². The van der Waals surface area contributed by atoms with Gasteiger partial charge in [0.2, 0.25) is 0 Å². The van der Waals surface area contributed by atoms with Gasteiger partial charge >= 0.3 is 0 Å². The number of aromatic nitrogens is 4. The summed E-state index contributed by atoms with van der Waals surface area (Å²) in [6.45, 7) is 2.62. The van der Waals surface area contributed by atoms with Crippen LogP contribution in [0, 0.1) is 0 Å². The molecule has 0 fully saturated rings. The number of amides is 1. The summed E-state index contributed by atoms with van der Waals surface area (Å²) in [7, 11) is 0. The molecule has 1 unspecified atom stereocenters. The van der Waals surface area contributed by atoms with E-state index in [0.29, 0.717) is 12.2 Å². The van der Waals surface area contributed by atoms with Crippen LogP contribution in [-0.2, 0) is 6.54 Å². The molecule has 1 atom stereocenters. The van der Waals surface area contributed by atoms with Crippen LogP contribution in [0.25, 0.3) is 10.6 Å². The highest BCUT2D eigenvalue weighted by atomic mass is 32.1. The number of aromatic amines is 1. The zero-order valence-corrected chi connectivity index (χ0v) is 12.3. The van der Waals surface area contributed by atoms with Crippen molar-refractivity contribution in [1.29, 1.82) is 0 Å². The molecule has 3 aromatic heterocycles. The van der Waals surface area contributed by atoms with Gasteiger partial charge in [0.25, 0.3) is 5.91 Å². The summed E-state index contributed by atoms with van der Waals surface area (Å²) in [5, 5.41) is 11.9. The minimum Gasteiger partial charge on any atom is -0.346 e. The zero-order chi connectivity index (χ0) is 14.7. The molecule has 6 nitrogen and oxygen atoms in total. The predicted octanol–water partition coefficient (Wildman–Crippen LogP) is 2.15. The minimum absolute atomic E-state index is 0.00594. The number of imidazole rings is 1. The average molecular weight is 301 g/mol. The zero-order valence-electron chi connectivity index (χ0n) is 11.5. The fourth-order valence-corrected chi connectivity index (χ4v) is 2.74. The molecule has 0 aliphatic carbocycles. The smallest absolute Gasteiger partial charge is 0.272 e. The van der Waals surface area contributed by atoms with Crippen molar-refractivity contribution in [3.8, 4) is 10.6 Å². The van der Waals surface area contributed by atoms with E-state index in [1.54, 1.807) is 29.9 Å². The van der Waals surface area contributed by atoms with Crippen molar-refractivity contribution in [2.24, 2.45) is 0 Å². The van der Waals surface area contributed by atoms with E-state index in [-0.39, 0.29) is 11.9 Å². The highest BCUT2D eigenvalue weighted by Gasteiger charge is 2.14. The second kappa shape index (κ2) is 5.92. The van der Waals surface area contributed by atoms with Crippen LogP contribution in [0.2, 0.25) is 0 Å². The predicted molar refractivity (Wildman–Crippen MR) is 81.1 cm³/mol. The Kier molecular flexibility index (Phi) is 3.83. The van der Waals surface area contributed by atoms with Crippen LogP contribution in [0.5, 0.6) is 0 Å². The van der Waals surface area contributed by atoms with Crippen molar-refractivity contribution in [3.63, 3.8) is 0 Å². The highest BCUT2D eigenvalue weighted by molar-refractivity contribution is 7.13. The number of rotatable bonds is 5. The van der Waals surface area contributed by atoms with Gasteiger partial charge in [-0.3, -0.25) is 9.89 Å². The van der Waals surface area contributed by atoms with Crippen molar-refractivity contribution >= 4 is 17.2 Å². The van der Waals surface area contributed by atoms with Gasteiger partial charge in [0, 0.05) is 25.0 Å². The molecule has 21 heavy (non-hydrogen) atoms. The summed E-state index contributed by atoms with van der Waals surface area (Å²) in [6, 6.07) is 5.72. The first kappa shape index (κ1) is 13.6. The molecule has 0 aliphatic rings. The van der Waals surface area contributed by atoms with Gasteiger partial charge in [0.15, 0.2) is 5.69 Å². The van der Waals surface area contributed by atoms with Crippen molar-refractivity contribution in [2.75, 3.05) is 0 Å². The van der Waals surface area contributed by atoms with Crippen LogP contribution in [0.3, 0.4) is 0 Å². The maximum absolute atomic E-state index is 12.2. The normalized spacial score (nSPS) is 12.2. The summed E-state index contributed by atoms with van der Waals surface area (Å²) in [6.07, 6.45) is 5.31. The average Bonchev–Trinajstić information content (AvgIpc) is 3.20. The number of hydrogen-bond donors (Lipinski definition) is 2. The van der Waals surface area contributed by atoms with Gasteiger partial charge in [-0.2, -0.15) is 5.10 Å². The third-order valence-electron chi connectivity index (χ3n) is 3.02. The van der Waals surface area contributed by atoms with Gasteiger partial charge in [-0.05, 0) is 24.4 Å². The molecule has 3 heterocycles. The van der Waals surface area contributed by atoms with Gasteiger partial charge in [-0.15, -0.1) is 11.3 Å². The first-order valence-electron chi connectivity index (χ1n) is 6.58. The van der Waals surface area contributed by atoms with Gasteiger partial charge in [-0.1, -0.05) is 6.07 Å². The molecule has 0 radical (unpaired) electrons. The standard InChI is InChI=1S/C14H15N5OS/c1-10(8-19-5-4-15-9-19)16-14(20)12-7-11(17-18-12)13-3-2-6-21-13/h2-7,9-10H,8H2,1H3,(H,16,20)(H,17,18). The highest BCUT2D eigenvalue weighted by Crippen LogP contribution is 2.22. The lowest BCUT2D eigenvalue weighted by Crippen LogP contribution is -2.35. The first-order valence-corrected chi connectivity index (χ1v) is 7.46. The molecule has 0 saturated heterocycles. The Bertz CT molecular complexity index is 702. The molecule has 7 heteroatoms. The Morgan fingerprint density at radius 3 is 3.19 bits per heavy atom. The second-order valence-corrected chi connectivity index (χ2v) is 5.73. The van der Waals surface area contributed by atoms with E-state index in [2.05, 4.69) is 20.5 Å². The Hall–Kier alpha value is -2.41. The van der Waals surface area contributed by atoms with Crippen molar-refractivity contribution < 1.29 is 4.79 Å². The van der Waals surface area contributed by atoms with Crippen LogP contribution in [0.1, 0.15) is 17.4 Å². The van der Waals surface area contributed by atoms with Crippen molar-refractivity contribution in [3.05, 3.63) is 48.0 Å². The van der Waals surface area contributed by atoms with Crippen molar-refractivity contribution in [2.45, 2.75) is 19.5 Å². The molecule has 108 valence electrons. The van der Waals surface area contributed by atoms with E-state index >= 15 is 0 Å². The lowest BCUT2D eigenvalue weighted by atomic mass is 10.2.